The van der Waals surface area contributed by atoms with Gasteiger partial charge in [0.05, 0.1) is 0 Å². The van der Waals surface area contributed by atoms with Crippen LogP contribution in [0.15, 0.2) is 30.5 Å². The number of nitrogens with one attached hydrogen (secondary N) is 1. The third kappa shape index (κ3) is 2.49. The highest BCUT2D eigenvalue weighted by atomic mass is 19.4. The minimum Gasteiger partial charge on any atom is -0.363 e. The second-order valence-corrected chi connectivity index (χ2v) is 4.48. The van der Waals surface area contributed by atoms with E-state index in [-0.39, 0.29) is 5.78 Å². The van der Waals surface area contributed by atoms with Crippen LogP contribution in [0.25, 0.3) is 5.57 Å². The molecule has 1 aliphatic heterocycles. The first-order valence-corrected chi connectivity index (χ1v) is 5.60. The van der Waals surface area contributed by atoms with Gasteiger partial charge in [0.15, 0.2) is 5.78 Å². The summed E-state index contributed by atoms with van der Waals surface area (Å²) in [5.41, 5.74) is -1.55. The number of carbonyl (C=O) groups is 1. The molecule has 0 radical (unpaired) electrons. The van der Waals surface area contributed by atoms with E-state index in [0.29, 0.717) is 16.7 Å². The lowest BCUT2D eigenvalue weighted by Crippen LogP contribution is -2.52. The lowest BCUT2D eigenvalue weighted by Gasteiger charge is -2.26. The zero-order valence-electron chi connectivity index (χ0n) is 10.1. The Hall–Kier alpha value is -1.82. The van der Waals surface area contributed by atoms with Crippen molar-refractivity contribution in [1.29, 1.82) is 0 Å². The average Bonchev–Trinajstić information content (AvgIpc) is 2.73. The lowest BCUT2D eigenvalue weighted by atomic mass is 9.98. The minimum atomic E-state index is -4.75. The molecule has 102 valence electrons. The van der Waals surface area contributed by atoms with Crippen molar-refractivity contribution >= 4 is 11.4 Å². The summed E-state index contributed by atoms with van der Waals surface area (Å²) < 4.78 is 37.8. The fourth-order valence-electron chi connectivity index (χ4n) is 1.87. The van der Waals surface area contributed by atoms with Gasteiger partial charge in [-0.05, 0) is 18.1 Å². The zero-order valence-corrected chi connectivity index (χ0v) is 10.1. The van der Waals surface area contributed by atoms with Crippen LogP contribution < -0.4 is 5.32 Å². The molecule has 1 aromatic rings. The Kier molecular flexibility index (Phi) is 3.14. The van der Waals surface area contributed by atoms with Crippen LogP contribution in [0.1, 0.15) is 29.3 Å². The summed E-state index contributed by atoms with van der Waals surface area (Å²) in [5.74, 6) is -0.114. The normalized spacial score (nSPS) is 22.9. The molecule has 0 saturated heterocycles. The zero-order chi connectivity index (χ0) is 14.3. The summed E-state index contributed by atoms with van der Waals surface area (Å²) in [7, 11) is 0. The van der Waals surface area contributed by atoms with Crippen LogP contribution in [-0.4, -0.2) is 22.8 Å². The molecule has 19 heavy (non-hydrogen) atoms. The van der Waals surface area contributed by atoms with E-state index < -0.39 is 18.3 Å². The van der Waals surface area contributed by atoms with Crippen molar-refractivity contribution in [2.24, 2.45) is 0 Å². The quantitative estimate of drug-likeness (QED) is 0.812. The fraction of sp³-hybridized carbons (Fsp3) is 0.308. The standard InChI is InChI=1S/C13H12F3NO2/c1-8(18)9-2-4-10(5-3-9)11-6-12(19,17-7-11)13(14,15)16/h2-5,7,17,19H,6H2,1H3. The SMILES string of the molecule is CC(=O)c1ccc(C2=CNC(O)(C(F)(F)F)C2)cc1. The van der Waals surface area contributed by atoms with Gasteiger partial charge in [-0.1, -0.05) is 24.3 Å². The molecule has 1 aliphatic rings. The number of aliphatic hydroxyl groups is 1. The van der Waals surface area contributed by atoms with Crippen molar-refractivity contribution in [1.82, 2.24) is 5.32 Å². The van der Waals surface area contributed by atoms with Gasteiger partial charge >= 0.3 is 6.18 Å². The average molecular weight is 271 g/mol. The molecular formula is C13H12F3NO2. The second kappa shape index (κ2) is 4.38. The van der Waals surface area contributed by atoms with Crippen molar-refractivity contribution in [3.05, 3.63) is 41.6 Å². The molecule has 0 aliphatic carbocycles. The second-order valence-electron chi connectivity index (χ2n) is 4.48. The van der Waals surface area contributed by atoms with E-state index in [9.17, 15) is 23.1 Å². The number of rotatable bonds is 2. The van der Waals surface area contributed by atoms with E-state index in [1.165, 1.54) is 6.92 Å². The molecule has 6 heteroatoms. The van der Waals surface area contributed by atoms with Gasteiger partial charge in [0.25, 0.3) is 0 Å². The summed E-state index contributed by atoms with van der Waals surface area (Å²) in [5, 5.41) is 11.4. The van der Waals surface area contributed by atoms with Crippen LogP contribution in [0.5, 0.6) is 0 Å². The maximum Gasteiger partial charge on any atom is 0.436 e. The maximum absolute atomic E-state index is 12.6. The van der Waals surface area contributed by atoms with E-state index in [4.69, 9.17) is 0 Å². The Labute approximate surface area is 107 Å². The molecule has 0 bridgehead atoms. The Morgan fingerprint density at radius 2 is 1.89 bits per heavy atom. The van der Waals surface area contributed by atoms with Crippen LogP contribution in [0.4, 0.5) is 13.2 Å². The first-order valence-electron chi connectivity index (χ1n) is 5.60. The molecular weight excluding hydrogens is 259 g/mol. The third-order valence-corrected chi connectivity index (χ3v) is 3.06. The van der Waals surface area contributed by atoms with Crippen molar-refractivity contribution in [2.75, 3.05) is 0 Å². The van der Waals surface area contributed by atoms with Crippen molar-refractivity contribution in [2.45, 2.75) is 25.2 Å². The molecule has 0 saturated carbocycles. The van der Waals surface area contributed by atoms with Crippen LogP contribution in [0.2, 0.25) is 0 Å². The largest absolute Gasteiger partial charge is 0.436 e. The summed E-state index contributed by atoms with van der Waals surface area (Å²) in [6.45, 7) is 1.41. The number of hydrogen-bond donors (Lipinski definition) is 2. The van der Waals surface area contributed by atoms with E-state index in [1.807, 2.05) is 5.32 Å². The molecule has 2 rings (SSSR count). The number of alkyl halides is 3. The Morgan fingerprint density at radius 1 is 1.32 bits per heavy atom. The maximum atomic E-state index is 12.6. The van der Waals surface area contributed by atoms with Crippen molar-refractivity contribution < 1.29 is 23.1 Å². The predicted octanol–water partition coefficient (Wildman–Crippen LogP) is 2.47. The Balaban J connectivity index is 2.19. The molecule has 1 atom stereocenters. The van der Waals surface area contributed by atoms with Crippen molar-refractivity contribution in [3.8, 4) is 0 Å². The van der Waals surface area contributed by atoms with Crippen LogP contribution in [0, 0.1) is 0 Å². The fourth-order valence-corrected chi connectivity index (χ4v) is 1.87. The number of hydrogen-bond acceptors (Lipinski definition) is 3. The molecule has 3 nitrogen and oxygen atoms in total. The van der Waals surface area contributed by atoms with E-state index in [0.717, 1.165) is 6.20 Å². The molecule has 1 heterocycles. The predicted molar refractivity (Wildman–Crippen MR) is 63.2 cm³/mol. The van der Waals surface area contributed by atoms with Gasteiger partial charge in [-0.2, -0.15) is 13.2 Å². The first-order chi connectivity index (χ1) is 8.73. The van der Waals surface area contributed by atoms with Gasteiger partial charge in [-0.3, -0.25) is 4.79 Å². The Morgan fingerprint density at radius 3 is 2.32 bits per heavy atom. The smallest absolute Gasteiger partial charge is 0.363 e. The number of ketones is 1. The van der Waals surface area contributed by atoms with Crippen molar-refractivity contribution in [3.63, 3.8) is 0 Å². The monoisotopic (exact) mass is 271 g/mol. The van der Waals surface area contributed by atoms with E-state index in [2.05, 4.69) is 0 Å². The topological polar surface area (TPSA) is 49.3 Å². The van der Waals surface area contributed by atoms with Gasteiger partial charge in [-0.15, -0.1) is 0 Å². The highest BCUT2D eigenvalue weighted by Gasteiger charge is 2.55. The highest BCUT2D eigenvalue weighted by Crippen LogP contribution is 2.39. The van der Waals surface area contributed by atoms with Gasteiger partial charge in [0, 0.05) is 18.2 Å². The molecule has 0 fully saturated rings. The molecule has 0 spiro atoms. The molecule has 1 aromatic carbocycles. The van der Waals surface area contributed by atoms with Crippen LogP contribution in [0.3, 0.4) is 0 Å². The third-order valence-electron chi connectivity index (χ3n) is 3.06. The summed E-state index contributed by atoms with van der Waals surface area (Å²) in [6.07, 6.45) is -4.16. The van der Waals surface area contributed by atoms with Crippen LogP contribution >= 0.6 is 0 Å². The van der Waals surface area contributed by atoms with Gasteiger partial charge in [0.1, 0.15) is 0 Å². The molecule has 2 N–H and O–H groups in total. The van der Waals surface area contributed by atoms with Gasteiger partial charge in [-0.25, -0.2) is 0 Å². The molecule has 1 unspecified atom stereocenters. The summed E-state index contributed by atoms with van der Waals surface area (Å²) in [6, 6.07) is 6.21. The number of halogens is 3. The van der Waals surface area contributed by atoms with E-state index in [1.54, 1.807) is 24.3 Å². The molecule has 0 amide bonds. The van der Waals surface area contributed by atoms with Gasteiger partial charge < -0.3 is 10.4 Å². The number of carbonyl (C=O) groups excluding carboxylic acids is 1. The van der Waals surface area contributed by atoms with Crippen LogP contribution in [-0.2, 0) is 0 Å². The first kappa shape index (κ1) is 13.6. The Bertz CT molecular complexity index is 534. The van der Waals surface area contributed by atoms with E-state index >= 15 is 0 Å². The summed E-state index contributed by atoms with van der Waals surface area (Å²) in [4.78, 5) is 11.1. The lowest BCUT2D eigenvalue weighted by molar-refractivity contribution is -0.263. The van der Waals surface area contributed by atoms with Gasteiger partial charge in [0.2, 0.25) is 5.72 Å². The number of Topliss-reactive ketones (excluding diaryl/α,β-unsaturated/α-hetero) is 1. The molecule has 0 aromatic heterocycles. The number of benzene rings is 1. The summed E-state index contributed by atoms with van der Waals surface area (Å²) >= 11 is 0. The minimum absolute atomic E-state index is 0.114. The highest BCUT2D eigenvalue weighted by molar-refractivity contribution is 5.94.